The lowest BCUT2D eigenvalue weighted by Crippen LogP contribution is -2.57. The van der Waals surface area contributed by atoms with Crippen molar-refractivity contribution in [3.63, 3.8) is 0 Å². The first kappa shape index (κ1) is 14.5. The Balaban J connectivity index is 2.02. The van der Waals surface area contributed by atoms with Gasteiger partial charge in [-0.2, -0.15) is 0 Å². The van der Waals surface area contributed by atoms with E-state index in [9.17, 15) is 9.59 Å². The number of Topliss-reactive ketones (excluding diaryl/α,β-unsaturated/α-hetero) is 1. The number of hydrogen-bond acceptors (Lipinski definition) is 4. The fourth-order valence-corrected chi connectivity index (χ4v) is 3.00. The van der Waals surface area contributed by atoms with Crippen molar-refractivity contribution in [3.05, 3.63) is 0 Å². The van der Waals surface area contributed by atoms with E-state index in [0.29, 0.717) is 32.5 Å². The third-order valence-electron chi connectivity index (χ3n) is 4.02. The third kappa shape index (κ3) is 3.57. The van der Waals surface area contributed by atoms with Crippen LogP contribution >= 0.6 is 0 Å². The highest BCUT2D eigenvalue weighted by Gasteiger charge is 2.38. The molecule has 0 saturated carbocycles. The molecule has 2 heterocycles. The van der Waals surface area contributed by atoms with Crippen LogP contribution in [0.4, 0.5) is 0 Å². The molecule has 2 rings (SSSR count). The maximum atomic E-state index is 12.3. The number of nitrogens with zero attached hydrogens (tertiary/aromatic N) is 1. The van der Waals surface area contributed by atoms with E-state index in [2.05, 4.69) is 5.32 Å². The Hall–Kier alpha value is -0.875. The zero-order valence-corrected chi connectivity index (χ0v) is 11.5. The second-order valence-electron chi connectivity index (χ2n) is 5.66. The maximum Gasteiger partial charge on any atom is 0.236 e. The van der Waals surface area contributed by atoms with E-state index in [4.69, 9.17) is 12.7 Å². The summed E-state index contributed by atoms with van der Waals surface area (Å²) in [6.07, 6.45) is 3.48. The standard InChI is InChI=1S/C13H21BN2O3/c1-10(17)9-13(4-7-19-8-5-13)15-12(18)11-3-2-6-16(11)14/h11H,2-9H2,1H3,(H,15,18). The molecular weight excluding hydrogens is 243 g/mol. The minimum Gasteiger partial charge on any atom is -0.381 e. The molecule has 1 atom stereocenters. The lowest BCUT2D eigenvalue weighted by Gasteiger charge is -2.38. The van der Waals surface area contributed by atoms with Crippen molar-refractivity contribution in [2.24, 2.45) is 0 Å². The van der Waals surface area contributed by atoms with Crippen LogP contribution in [0.25, 0.3) is 0 Å². The molecule has 2 fully saturated rings. The molecule has 2 radical (unpaired) electrons. The summed E-state index contributed by atoms with van der Waals surface area (Å²) >= 11 is 0. The highest BCUT2D eigenvalue weighted by atomic mass is 16.5. The Bertz CT molecular complexity index is 356. The lowest BCUT2D eigenvalue weighted by molar-refractivity contribution is -0.128. The molecular formula is C13H21BN2O3. The largest absolute Gasteiger partial charge is 0.381 e. The number of nitrogens with one attached hydrogen (secondary N) is 1. The van der Waals surface area contributed by atoms with Crippen molar-refractivity contribution >= 4 is 19.7 Å². The molecule has 0 bridgehead atoms. The summed E-state index contributed by atoms with van der Waals surface area (Å²) < 4.78 is 5.34. The quantitative estimate of drug-likeness (QED) is 0.736. The van der Waals surface area contributed by atoms with E-state index in [1.807, 2.05) is 0 Å². The molecule has 104 valence electrons. The second-order valence-corrected chi connectivity index (χ2v) is 5.66. The predicted molar refractivity (Wildman–Crippen MR) is 71.7 cm³/mol. The average molecular weight is 264 g/mol. The van der Waals surface area contributed by atoms with Gasteiger partial charge < -0.3 is 14.9 Å². The first-order valence-electron chi connectivity index (χ1n) is 6.93. The Morgan fingerprint density at radius 2 is 2.11 bits per heavy atom. The number of carbonyl (C=O) groups is 2. The molecule has 0 spiro atoms. The summed E-state index contributed by atoms with van der Waals surface area (Å²) in [7, 11) is 5.81. The molecule has 0 aromatic rings. The number of ketones is 1. The van der Waals surface area contributed by atoms with Crippen LogP contribution in [0.2, 0.25) is 0 Å². The van der Waals surface area contributed by atoms with Crippen LogP contribution in [0.15, 0.2) is 0 Å². The molecule has 1 N–H and O–H groups in total. The molecule has 2 saturated heterocycles. The minimum atomic E-state index is -0.440. The van der Waals surface area contributed by atoms with E-state index in [0.717, 1.165) is 19.4 Å². The molecule has 2 aliphatic rings. The molecule has 1 unspecified atom stereocenters. The fraction of sp³-hybridized carbons (Fsp3) is 0.846. The number of ether oxygens (including phenoxy) is 1. The topological polar surface area (TPSA) is 58.6 Å². The molecule has 5 nitrogen and oxygen atoms in total. The van der Waals surface area contributed by atoms with Crippen molar-refractivity contribution in [3.8, 4) is 0 Å². The molecule has 0 aromatic carbocycles. The normalized spacial score (nSPS) is 27.1. The first-order valence-corrected chi connectivity index (χ1v) is 6.93. The summed E-state index contributed by atoms with van der Waals surface area (Å²) in [5.74, 6) is 0.0429. The highest BCUT2D eigenvalue weighted by molar-refractivity contribution is 6.07. The third-order valence-corrected chi connectivity index (χ3v) is 4.02. The van der Waals surface area contributed by atoms with Crippen LogP contribution < -0.4 is 5.32 Å². The number of rotatable bonds is 4. The van der Waals surface area contributed by atoms with E-state index in [1.54, 1.807) is 11.7 Å². The Kier molecular flexibility index (Phi) is 4.63. The predicted octanol–water partition coefficient (Wildman–Crippen LogP) is 0.179. The van der Waals surface area contributed by atoms with Gasteiger partial charge in [0.15, 0.2) is 7.98 Å². The SMILES string of the molecule is [B]N1CCCC1C(=O)NC1(CC(C)=O)CCOCC1. The van der Waals surface area contributed by atoms with Crippen molar-refractivity contribution in [2.45, 2.75) is 50.6 Å². The van der Waals surface area contributed by atoms with Crippen LogP contribution in [-0.4, -0.2) is 55.8 Å². The summed E-state index contributed by atoms with van der Waals surface area (Å²) in [5.41, 5.74) is -0.440. The fourth-order valence-electron chi connectivity index (χ4n) is 3.00. The van der Waals surface area contributed by atoms with E-state index < -0.39 is 5.54 Å². The van der Waals surface area contributed by atoms with Gasteiger partial charge in [0.2, 0.25) is 5.91 Å². The summed E-state index contributed by atoms with van der Waals surface area (Å²) in [4.78, 5) is 25.4. The summed E-state index contributed by atoms with van der Waals surface area (Å²) in [6, 6.07) is -0.258. The van der Waals surface area contributed by atoms with Gasteiger partial charge in [0, 0.05) is 19.6 Å². The molecule has 19 heavy (non-hydrogen) atoms. The zero-order valence-electron chi connectivity index (χ0n) is 11.5. The van der Waals surface area contributed by atoms with E-state index in [-0.39, 0.29) is 17.7 Å². The Labute approximate surface area is 115 Å². The zero-order chi connectivity index (χ0) is 13.9. The Morgan fingerprint density at radius 3 is 2.63 bits per heavy atom. The number of carbonyl (C=O) groups excluding carboxylic acids is 2. The van der Waals surface area contributed by atoms with E-state index >= 15 is 0 Å². The molecule has 0 aliphatic carbocycles. The summed E-state index contributed by atoms with van der Waals surface area (Å²) in [6.45, 7) is 3.49. The average Bonchev–Trinajstić information content (AvgIpc) is 2.75. The van der Waals surface area contributed by atoms with Crippen LogP contribution in [0.5, 0.6) is 0 Å². The van der Waals surface area contributed by atoms with Gasteiger partial charge in [0.25, 0.3) is 0 Å². The van der Waals surface area contributed by atoms with Gasteiger partial charge >= 0.3 is 0 Å². The van der Waals surface area contributed by atoms with Gasteiger partial charge in [-0.1, -0.05) is 0 Å². The molecule has 2 aliphatic heterocycles. The lowest BCUT2D eigenvalue weighted by atomic mass is 9.84. The number of amides is 1. The maximum absolute atomic E-state index is 12.3. The van der Waals surface area contributed by atoms with Crippen LogP contribution in [-0.2, 0) is 14.3 Å². The molecule has 1 amide bonds. The van der Waals surface area contributed by atoms with Gasteiger partial charge in [-0.25, -0.2) is 0 Å². The van der Waals surface area contributed by atoms with Gasteiger partial charge in [0.1, 0.15) is 5.78 Å². The van der Waals surface area contributed by atoms with Gasteiger partial charge in [-0.3, -0.25) is 9.59 Å². The minimum absolute atomic E-state index is 0.0526. The van der Waals surface area contributed by atoms with Crippen LogP contribution in [0, 0.1) is 0 Å². The summed E-state index contributed by atoms with van der Waals surface area (Å²) in [5, 5.41) is 3.07. The van der Waals surface area contributed by atoms with Crippen LogP contribution in [0.1, 0.15) is 39.0 Å². The Morgan fingerprint density at radius 1 is 1.42 bits per heavy atom. The van der Waals surface area contributed by atoms with Crippen molar-refractivity contribution in [1.29, 1.82) is 0 Å². The highest BCUT2D eigenvalue weighted by Crippen LogP contribution is 2.26. The second kappa shape index (κ2) is 6.05. The number of hydrogen-bond donors (Lipinski definition) is 1. The van der Waals surface area contributed by atoms with Crippen LogP contribution in [0.3, 0.4) is 0 Å². The van der Waals surface area contributed by atoms with Crippen molar-refractivity contribution in [1.82, 2.24) is 10.1 Å². The van der Waals surface area contributed by atoms with Gasteiger partial charge in [-0.15, -0.1) is 0 Å². The van der Waals surface area contributed by atoms with Crippen molar-refractivity contribution < 1.29 is 14.3 Å². The van der Waals surface area contributed by atoms with Gasteiger partial charge in [0.05, 0.1) is 11.6 Å². The molecule has 0 aromatic heterocycles. The smallest absolute Gasteiger partial charge is 0.236 e. The van der Waals surface area contributed by atoms with E-state index in [1.165, 1.54) is 0 Å². The monoisotopic (exact) mass is 264 g/mol. The first-order chi connectivity index (χ1) is 9.02. The molecule has 6 heteroatoms. The van der Waals surface area contributed by atoms with Gasteiger partial charge in [-0.05, 0) is 39.2 Å². The van der Waals surface area contributed by atoms with Crippen molar-refractivity contribution in [2.75, 3.05) is 19.8 Å².